The molecular formula is C19H24N2O5S. The van der Waals surface area contributed by atoms with Crippen LogP contribution in [0, 0.1) is 0 Å². The van der Waals surface area contributed by atoms with Gasteiger partial charge in [-0.25, -0.2) is 17.9 Å². The van der Waals surface area contributed by atoms with Gasteiger partial charge in [0, 0.05) is 26.8 Å². The van der Waals surface area contributed by atoms with E-state index >= 15 is 0 Å². The number of aromatic carboxylic acids is 1. The molecule has 0 aromatic heterocycles. The first-order valence-electron chi connectivity index (χ1n) is 8.58. The number of carboxylic acid groups (broad SMARTS) is 1. The van der Waals surface area contributed by atoms with E-state index in [9.17, 15) is 18.3 Å². The molecule has 0 radical (unpaired) electrons. The smallest absolute Gasteiger partial charge is 0.335 e. The second kappa shape index (κ2) is 10.1. The van der Waals surface area contributed by atoms with Crippen LogP contribution >= 0.6 is 0 Å². The molecule has 0 bridgehead atoms. The average Bonchev–Trinajstić information content (AvgIpc) is 2.66. The van der Waals surface area contributed by atoms with E-state index in [4.69, 9.17) is 4.74 Å². The van der Waals surface area contributed by atoms with Crippen molar-refractivity contribution in [2.75, 3.05) is 32.1 Å². The first-order valence-corrected chi connectivity index (χ1v) is 10.1. The van der Waals surface area contributed by atoms with Gasteiger partial charge in [-0.15, -0.1) is 0 Å². The van der Waals surface area contributed by atoms with E-state index in [1.54, 1.807) is 7.11 Å². The SMILES string of the molecule is COCCCNS(=O)(=O)c1cc(C(=O)O)ccc1NCCc1ccccc1. The van der Waals surface area contributed by atoms with Crippen molar-refractivity contribution >= 4 is 21.7 Å². The molecule has 3 N–H and O–H groups in total. The lowest BCUT2D eigenvalue weighted by Crippen LogP contribution is -2.27. The summed E-state index contributed by atoms with van der Waals surface area (Å²) >= 11 is 0. The van der Waals surface area contributed by atoms with E-state index in [-0.39, 0.29) is 17.0 Å². The number of hydrogen-bond donors (Lipinski definition) is 3. The molecule has 8 heteroatoms. The van der Waals surface area contributed by atoms with Gasteiger partial charge in [0.25, 0.3) is 0 Å². The van der Waals surface area contributed by atoms with Gasteiger partial charge in [-0.3, -0.25) is 0 Å². The zero-order valence-electron chi connectivity index (χ0n) is 15.1. The Bertz CT molecular complexity index is 854. The molecule has 0 fully saturated rings. The van der Waals surface area contributed by atoms with Crippen molar-refractivity contribution in [3.05, 3.63) is 59.7 Å². The molecule has 0 saturated heterocycles. The summed E-state index contributed by atoms with van der Waals surface area (Å²) in [5, 5.41) is 12.3. The Labute approximate surface area is 159 Å². The van der Waals surface area contributed by atoms with E-state index in [1.807, 2.05) is 30.3 Å². The van der Waals surface area contributed by atoms with Gasteiger partial charge in [0.1, 0.15) is 4.90 Å². The molecular weight excluding hydrogens is 368 g/mol. The van der Waals surface area contributed by atoms with Crippen LogP contribution in [0.25, 0.3) is 0 Å². The zero-order chi connectivity index (χ0) is 19.7. The number of rotatable bonds is 11. The van der Waals surface area contributed by atoms with E-state index < -0.39 is 16.0 Å². The van der Waals surface area contributed by atoms with Crippen molar-refractivity contribution < 1.29 is 23.1 Å². The predicted octanol–water partition coefficient (Wildman–Crippen LogP) is 2.35. The van der Waals surface area contributed by atoms with Gasteiger partial charge in [0.2, 0.25) is 10.0 Å². The highest BCUT2D eigenvalue weighted by molar-refractivity contribution is 7.89. The van der Waals surface area contributed by atoms with Gasteiger partial charge in [-0.2, -0.15) is 0 Å². The molecule has 0 saturated carbocycles. The van der Waals surface area contributed by atoms with E-state index in [2.05, 4.69) is 10.0 Å². The number of sulfonamides is 1. The number of benzene rings is 2. The number of carbonyl (C=O) groups is 1. The van der Waals surface area contributed by atoms with Gasteiger partial charge >= 0.3 is 5.97 Å². The Morgan fingerprint density at radius 1 is 1.11 bits per heavy atom. The summed E-state index contributed by atoms with van der Waals surface area (Å²) < 4.78 is 32.7. The van der Waals surface area contributed by atoms with Gasteiger partial charge in [0.15, 0.2) is 0 Å². The minimum absolute atomic E-state index is 0.0760. The van der Waals surface area contributed by atoms with Gasteiger partial charge < -0.3 is 15.2 Å². The molecule has 0 unspecified atom stereocenters. The lowest BCUT2D eigenvalue weighted by atomic mass is 10.1. The molecule has 7 nitrogen and oxygen atoms in total. The second-order valence-electron chi connectivity index (χ2n) is 5.92. The number of ether oxygens (including phenoxy) is 1. The first-order chi connectivity index (χ1) is 12.9. The molecule has 0 aliphatic heterocycles. The van der Waals surface area contributed by atoms with Crippen LogP contribution in [0.4, 0.5) is 5.69 Å². The number of carboxylic acids is 1. The summed E-state index contributed by atoms with van der Waals surface area (Å²) in [6.45, 7) is 1.15. The highest BCUT2D eigenvalue weighted by atomic mass is 32.2. The lowest BCUT2D eigenvalue weighted by molar-refractivity contribution is 0.0696. The molecule has 0 spiro atoms. The van der Waals surface area contributed by atoms with Crippen LogP contribution in [0.3, 0.4) is 0 Å². The number of nitrogens with one attached hydrogen (secondary N) is 2. The Balaban J connectivity index is 2.16. The number of hydrogen-bond acceptors (Lipinski definition) is 5. The van der Waals surface area contributed by atoms with Crippen LogP contribution in [-0.2, 0) is 21.2 Å². The lowest BCUT2D eigenvalue weighted by Gasteiger charge is -2.14. The quantitative estimate of drug-likeness (QED) is 0.507. The van der Waals surface area contributed by atoms with E-state index in [1.165, 1.54) is 18.2 Å². The molecule has 0 atom stereocenters. The third-order valence-electron chi connectivity index (χ3n) is 3.91. The summed E-state index contributed by atoms with van der Waals surface area (Å²) in [7, 11) is -2.31. The first kappa shape index (κ1) is 20.9. The predicted molar refractivity (Wildman–Crippen MR) is 104 cm³/mol. The molecule has 0 heterocycles. The summed E-state index contributed by atoms with van der Waals surface area (Å²) in [5.74, 6) is -1.18. The monoisotopic (exact) mass is 392 g/mol. The number of anilines is 1. The Kier molecular flexibility index (Phi) is 7.78. The maximum atomic E-state index is 12.6. The summed E-state index contributed by atoms with van der Waals surface area (Å²) in [6, 6.07) is 13.8. The summed E-state index contributed by atoms with van der Waals surface area (Å²) in [6.07, 6.45) is 1.23. The standard InChI is InChI=1S/C19H24N2O5S/c1-26-13-5-11-21-27(24,25)18-14-16(19(22)23)8-9-17(18)20-12-10-15-6-3-2-4-7-15/h2-4,6-9,14,20-21H,5,10-13H2,1H3,(H,22,23). The fraction of sp³-hybridized carbons (Fsp3) is 0.316. The third kappa shape index (κ3) is 6.35. The molecule has 0 amide bonds. The van der Waals surface area contributed by atoms with Crippen molar-refractivity contribution in [1.82, 2.24) is 4.72 Å². The minimum atomic E-state index is -3.85. The topological polar surface area (TPSA) is 105 Å². The van der Waals surface area contributed by atoms with Crippen LogP contribution in [0.2, 0.25) is 0 Å². The maximum absolute atomic E-state index is 12.6. The van der Waals surface area contributed by atoms with Crippen LogP contribution in [0.15, 0.2) is 53.4 Å². The summed E-state index contributed by atoms with van der Waals surface area (Å²) in [5.41, 5.74) is 1.41. The Hall–Kier alpha value is -2.42. The second-order valence-corrected chi connectivity index (χ2v) is 7.66. The van der Waals surface area contributed by atoms with Gasteiger partial charge in [-0.1, -0.05) is 30.3 Å². The molecule has 27 heavy (non-hydrogen) atoms. The third-order valence-corrected chi connectivity index (χ3v) is 5.41. The molecule has 2 aromatic rings. The zero-order valence-corrected chi connectivity index (χ0v) is 16.0. The average molecular weight is 392 g/mol. The highest BCUT2D eigenvalue weighted by Gasteiger charge is 2.20. The van der Waals surface area contributed by atoms with E-state index in [0.717, 1.165) is 5.56 Å². The normalized spacial score (nSPS) is 11.3. The summed E-state index contributed by atoms with van der Waals surface area (Å²) in [4.78, 5) is 11.2. The van der Waals surface area contributed by atoms with Crippen molar-refractivity contribution in [2.24, 2.45) is 0 Å². The van der Waals surface area contributed by atoms with E-state index in [0.29, 0.717) is 31.7 Å². The highest BCUT2D eigenvalue weighted by Crippen LogP contribution is 2.23. The maximum Gasteiger partial charge on any atom is 0.335 e. The fourth-order valence-corrected chi connectivity index (χ4v) is 3.79. The van der Waals surface area contributed by atoms with Gasteiger partial charge in [-0.05, 0) is 36.6 Å². The Morgan fingerprint density at radius 3 is 2.52 bits per heavy atom. The molecule has 2 aromatic carbocycles. The van der Waals surface area contributed by atoms with Crippen molar-refractivity contribution in [3.63, 3.8) is 0 Å². The molecule has 2 rings (SSSR count). The van der Waals surface area contributed by atoms with Crippen LogP contribution < -0.4 is 10.0 Å². The van der Waals surface area contributed by atoms with Crippen LogP contribution in [0.1, 0.15) is 22.3 Å². The minimum Gasteiger partial charge on any atom is -0.478 e. The fourth-order valence-electron chi connectivity index (χ4n) is 2.51. The van der Waals surface area contributed by atoms with Crippen molar-refractivity contribution in [3.8, 4) is 0 Å². The molecule has 146 valence electrons. The van der Waals surface area contributed by atoms with Crippen molar-refractivity contribution in [1.29, 1.82) is 0 Å². The van der Waals surface area contributed by atoms with Crippen LogP contribution in [0.5, 0.6) is 0 Å². The largest absolute Gasteiger partial charge is 0.478 e. The van der Waals surface area contributed by atoms with Gasteiger partial charge in [0.05, 0.1) is 11.3 Å². The molecule has 0 aliphatic carbocycles. The Morgan fingerprint density at radius 2 is 1.85 bits per heavy atom. The molecule has 0 aliphatic rings. The number of methoxy groups -OCH3 is 1. The van der Waals surface area contributed by atoms with Crippen LogP contribution in [-0.4, -0.2) is 46.3 Å². The van der Waals surface area contributed by atoms with Crippen molar-refractivity contribution in [2.45, 2.75) is 17.7 Å².